The topological polar surface area (TPSA) is 99.9 Å². The van der Waals surface area contributed by atoms with Crippen molar-refractivity contribution in [3.63, 3.8) is 0 Å². The van der Waals surface area contributed by atoms with Crippen molar-refractivity contribution in [3.8, 4) is 34.3 Å². The van der Waals surface area contributed by atoms with Gasteiger partial charge in [-0.3, -0.25) is 9.36 Å². The molecule has 40 heavy (non-hydrogen) atoms. The Labute approximate surface area is 238 Å². The Morgan fingerprint density at radius 2 is 1.60 bits per heavy atom. The van der Waals surface area contributed by atoms with Crippen molar-refractivity contribution in [2.45, 2.75) is 31.3 Å². The van der Waals surface area contributed by atoms with Crippen molar-refractivity contribution in [2.75, 3.05) is 27.1 Å². The number of hydrazone groups is 1. The molecule has 1 N–H and O–H groups in total. The van der Waals surface area contributed by atoms with Crippen LogP contribution in [0.2, 0.25) is 0 Å². The highest BCUT2D eigenvalue weighted by Gasteiger charge is 2.19. The number of ether oxygens (including phenoxy) is 3. The molecule has 0 aliphatic heterocycles. The Hall–Kier alpha value is -4.31. The van der Waals surface area contributed by atoms with Gasteiger partial charge in [-0.25, -0.2) is 5.43 Å². The van der Waals surface area contributed by atoms with E-state index < -0.39 is 0 Å². The maximum atomic E-state index is 12.6. The SMILES string of the molecule is COc1cc(C=NNC(=O)CSc2nnc(-c3ccc(C(C)(C)C)cc3)n2-c2ccccc2)cc(OC)c1OC. The molecule has 3 aromatic carbocycles. The van der Waals surface area contributed by atoms with Gasteiger partial charge >= 0.3 is 0 Å². The lowest BCUT2D eigenvalue weighted by Gasteiger charge is -2.19. The van der Waals surface area contributed by atoms with Crippen LogP contribution in [0.1, 0.15) is 31.9 Å². The number of nitrogens with one attached hydrogen (secondary N) is 1. The molecule has 0 radical (unpaired) electrons. The van der Waals surface area contributed by atoms with Crippen molar-refractivity contribution in [1.29, 1.82) is 0 Å². The van der Waals surface area contributed by atoms with Crippen molar-refractivity contribution < 1.29 is 19.0 Å². The number of thioether (sulfide) groups is 1. The number of nitrogens with zero attached hydrogens (tertiary/aromatic N) is 4. The number of aromatic nitrogens is 3. The van der Waals surface area contributed by atoms with E-state index in [-0.39, 0.29) is 17.1 Å². The lowest BCUT2D eigenvalue weighted by molar-refractivity contribution is -0.118. The molecule has 10 heteroatoms. The quantitative estimate of drug-likeness (QED) is 0.156. The first-order valence-corrected chi connectivity index (χ1v) is 13.6. The van der Waals surface area contributed by atoms with Crippen LogP contribution in [0.5, 0.6) is 17.2 Å². The van der Waals surface area contributed by atoms with E-state index >= 15 is 0 Å². The zero-order valence-corrected chi connectivity index (χ0v) is 24.3. The molecular weight excluding hydrogens is 526 g/mol. The average Bonchev–Trinajstić information content (AvgIpc) is 3.39. The highest BCUT2D eigenvalue weighted by atomic mass is 32.2. The maximum absolute atomic E-state index is 12.6. The van der Waals surface area contributed by atoms with Gasteiger partial charge in [0.25, 0.3) is 5.91 Å². The van der Waals surface area contributed by atoms with Crippen LogP contribution in [0.4, 0.5) is 0 Å². The molecule has 0 spiro atoms. The molecule has 1 amide bonds. The van der Waals surface area contributed by atoms with Crippen LogP contribution in [0.3, 0.4) is 0 Å². The molecule has 0 bridgehead atoms. The summed E-state index contributed by atoms with van der Waals surface area (Å²) in [7, 11) is 4.62. The van der Waals surface area contributed by atoms with E-state index in [2.05, 4.69) is 65.8 Å². The van der Waals surface area contributed by atoms with E-state index in [4.69, 9.17) is 14.2 Å². The molecule has 0 aliphatic carbocycles. The number of carbonyl (C=O) groups excluding carboxylic acids is 1. The third-order valence-electron chi connectivity index (χ3n) is 6.08. The van der Waals surface area contributed by atoms with Crippen LogP contribution < -0.4 is 19.6 Å². The minimum Gasteiger partial charge on any atom is -0.493 e. The first-order chi connectivity index (χ1) is 19.2. The number of benzene rings is 3. The molecule has 0 unspecified atom stereocenters. The van der Waals surface area contributed by atoms with Crippen molar-refractivity contribution in [3.05, 3.63) is 77.9 Å². The summed E-state index contributed by atoms with van der Waals surface area (Å²) in [5, 5.41) is 13.6. The third kappa shape index (κ3) is 6.63. The fraction of sp³-hybridized carbons (Fsp3) is 0.267. The molecule has 4 rings (SSSR count). The Morgan fingerprint density at radius 1 is 0.950 bits per heavy atom. The number of rotatable bonds is 10. The second-order valence-electron chi connectivity index (χ2n) is 9.85. The maximum Gasteiger partial charge on any atom is 0.250 e. The van der Waals surface area contributed by atoms with Crippen LogP contribution in [0.15, 0.2) is 77.0 Å². The molecule has 0 saturated heterocycles. The van der Waals surface area contributed by atoms with Gasteiger partial charge in [-0.15, -0.1) is 10.2 Å². The van der Waals surface area contributed by atoms with E-state index in [0.29, 0.717) is 33.8 Å². The molecular formula is C30H33N5O4S. The summed E-state index contributed by atoms with van der Waals surface area (Å²) in [6.45, 7) is 6.55. The Morgan fingerprint density at radius 3 is 2.17 bits per heavy atom. The van der Waals surface area contributed by atoms with Gasteiger partial charge in [-0.2, -0.15) is 5.10 Å². The van der Waals surface area contributed by atoms with E-state index in [0.717, 1.165) is 11.3 Å². The molecule has 1 aromatic heterocycles. The summed E-state index contributed by atoms with van der Waals surface area (Å²) in [5.74, 6) is 1.99. The molecule has 208 valence electrons. The standard InChI is InChI=1S/C30H33N5O4S/c1-30(2,3)22-14-12-21(13-15-22)28-33-34-29(35(28)23-10-8-7-9-11-23)40-19-26(36)32-31-18-20-16-24(37-4)27(39-6)25(17-20)38-5/h7-18H,19H2,1-6H3,(H,32,36). The molecule has 0 fully saturated rings. The number of carbonyl (C=O) groups is 1. The van der Waals surface area contributed by atoms with Gasteiger partial charge in [-0.1, -0.05) is 75.0 Å². The lowest BCUT2D eigenvalue weighted by atomic mass is 9.87. The molecule has 9 nitrogen and oxygen atoms in total. The number of amides is 1. The predicted octanol–water partition coefficient (Wildman–Crippen LogP) is 5.50. The summed E-state index contributed by atoms with van der Waals surface area (Å²) in [6, 6.07) is 21.7. The Bertz CT molecular complexity index is 1450. The van der Waals surface area contributed by atoms with Gasteiger partial charge in [0.1, 0.15) is 0 Å². The highest BCUT2D eigenvalue weighted by Crippen LogP contribution is 2.37. The van der Waals surface area contributed by atoms with E-state index in [9.17, 15) is 4.79 Å². The lowest BCUT2D eigenvalue weighted by Crippen LogP contribution is -2.20. The third-order valence-corrected chi connectivity index (χ3v) is 7.01. The number of para-hydroxylation sites is 1. The van der Waals surface area contributed by atoms with Gasteiger partial charge in [0.2, 0.25) is 5.75 Å². The van der Waals surface area contributed by atoms with Crippen LogP contribution in [0.25, 0.3) is 17.1 Å². The normalized spacial score (nSPS) is 11.4. The van der Waals surface area contributed by atoms with Gasteiger partial charge in [0, 0.05) is 16.8 Å². The predicted molar refractivity (Wildman–Crippen MR) is 158 cm³/mol. The van der Waals surface area contributed by atoms with Crippen LogP contribution >= 0.6 is 11.8 Å². The van der Waals surface area contributed by atoms with E-state index in [1.54, 1.807) is 12.1 Å². The van der Waals surface area contributed by atoms with Gasteiger partial charge < -0.3 is 14.2 Å². The zero-order valence-electron chi connectivity index (χ0n) is 23.5. The van der Waals surface area contributed by atoms with E-state index in [1.165, 1.54) is 44.9 Å². The van der Waals surface area contributed by atoms with Gasteiger partial charge in [0.05, 0.1) is 33.3 Å². The number of hydrogen-bond acceptors (Lipinski definition) is 8. The minimum absolute atomic E-state index is 0.0496. The molecule has 0 saturated carbocycles. The van der Waals surface area contributed by atoms with E-state index in [1.807, 2.05) is 34.9 Å². The zero-order chi connectivity index (χ0) is 28.7. The second-order valence-corrected chi connectivity index (χ2v) is 10.8. The fourth-order valence-corrected chi connectivity index (χ4v) is 4.74. The minimum atomic E-state index is -0.285. The first kappa shape index (κ1) is 28.7. The smallest absolute Gasteiger partial charge is 0.250 e. The summed E-state index contributed by atoms with van der Waals surface area (Å²) in [6.07, 6.45) is 1.51. The molecule has 4 aromatic rings. The van der Waals surface area contributed by atoms with Crippen molar-refractivity contribution in [2.24, 2.45) is 5.10 Å². The van der Waals surface area contributed by atoms with Gasteiger partial charge in [-0.05, 0) is 35.2 Å². The number of methoxy groups -OCH3 is 3. The monoisotopic (exact) mass is 559 g/mol. The number of hydrogen-bond donors (Lipinski definition) is 1. The molecule has 0 aliphatic rings. The van der Waals surface area contributed by atoms with Crippen molar-refractivity contribution in [1.82, 2.24) is 20.2 Å². The first-order valence-electron chi connectivity index (χ1n) is 12.6. The summed E-state index contributed by atoms with van der Waals surface area (Å²) >= 11 is 1.28. The fourth-order valence-electron chi connectivity index (χ4n) is 4.00. The van der Waals surface area contributed by atoms with Crippen LogP contribution in [-0.2, 0) is 10.2 Å². The Balaban J connectivity index is 1.50. The molecule has 1 heterocycles. The van der Waals surface area contributed by atoms with Crippen LogP contribution in [0, 0.1) is 0 Å². The summed E-state index contributed by atoms with van der Waals surface area (Å²) in [5.41, 5.74) is 6.37. The van der Waals surface area contributed by atoms with Crippen molar-refractivity contribution >= 4 is 23.9 Å². The Kier molecular flexibility index (Phi) is 9.11. The van der Waals surface area contributed by atoms with Crippen LogP contribution in [-0.4, -0.2) is 54.0 Å². The summed E-state index contributed by atoms with van der Waals surface area (Å²) in [4.78, 5) is 12.6. The largest absolute Gasteiger partial charge is 0.493 e. The average molecular weight is 560 g/mol. The highest BCUT2D eigenvalue weighted by molar-refractivity contribution is 7.99. The van der Waals surface area contributed by atoms with Gasteiger partial charge in [0.15, 0.2) is 22.5 Å². The second kappa shape index (κ2) is 12.7. The summed E-state index contributed by atoms with van der Waals surface area (Å²) < 4.78 is 18.0. The molecule has 0 atom stereocenters.